The van der Waals surface area contributed by atoms with E-state index in [9.17, 15) is 33.4 Å². The first-order chi connectivity index (χ1) is 16.5. The molecule has 0 saturated heterocycles. The number of phenolic OH excluding ortho intramolecular Hbond substituents is 1. The number of nitriles is 1. The number of phenols is 1. The van der Waals surface area contributed by atoms with Crippen LogP contribution in [0.5, 0.6) is 5.75 Å². The van der Waals surface area contributed by atoms with Crippen LogP contribution in [0.1, 0.15) is 36.3 Å². The molecule has 0 aliphatic carbocycles. The predicted molar refractivity (Wildman–Crippen MR) is 120 cm³/mol. The highest BCUT2D eigenvalue weighted by Crippen LogP contribution is 2.48. The molecular weight excluding hydrogens is 464 g/mol. The number of hydrogen-bond acceptors (Lipinski definition) is 3. The molecule has 0 unspecified atom stereocenters. The summed E-state index contributed by atoms with van der Waals surface area (Å²) in [4.78, 5) is 11.3. The van der Waals surface area contributed by atoms with Gasteiger partial charge in [-0.05, 0) is 36.4 Å². The van der Waals surface area contributed by atoms with Gasteiger partial charge in [0, 0.05) is 40.4 Å². The van der Waals surface area contributed by atoms with Gasteiger partial charge in [0.2, 0.25) is 0 Å². The number of halogens is 4. The smallest absolute Gasteiger partial charge is 0.335 e. The molecule has 0 bridgehead atoms. The van der Waals surface area contributed by atoms with Gasteiger partial charge < -0.3 is 14.8 Å². The van der Waals surface area contributed by atoms with Crippen LogP contribution in [0.25, 0.3) is 27.7 Å². The monoisotopic (exact) mass is 482 g/mol. The summed E-state index contributed by atoms with van der Waals surface area (Å²) in [5, 5.41) is 29.3. The topological polar surface area (TPSA) is 86.2 Å². The molecule has 35 heavy (non-hydrogen) atoms. The minimum absolute atomic E-state index is 0.00331. The molecule has 1 aromatic heterocycles. The third-order valence-electron chi connectivity index (χ3n) is 5.87. The van der Waals surface area contributed by atoms with Crippen molar-refractivity contribution in [1.82, 2.24) is 4.57 Å². The average Bonchev–Trinajstić information content (AvgIpc) is 3.14. The molecule has 3 aromatic carbocycles. The van der Waals surface area contributed by atoms with E-state index in [1.165, 1.54) is 22.8 Å². The molecule has 0 saturated carbocycles. The molecule has 178 valence electrons. The molecule has 0 aliphatic heterocycles. The zero-order chi connectivity index (χ0) is 25.7. The van der Waals surface area contributed by atoms with E-state index in [1.54, 1.807) is 13.8 Å². The SMILES string of the molecule is CC(C)(CC#N)c1c(-c2ccc(C(=O)O)cc2F)c2c(O)c(F)ccc2n1-c1ccc(F)c(F)c1. The van der Waals surface area contributed by atoms with Crippen molar-refractivity contribution in [1.29, 1.82) is 5.26 Å². The van der Waals surface area contributed by atoms with Crippen molar-refractivity contribution < 1.29 is 32.6 Å². The summed E-state index contributed by atoms with van der Waals surface area (Å²) in [6.07, 6.45) is -0.113. The van der Waals surface area contributed by atoms with Gasteiger partial charge in [-0.15, -0.1) is 0 Å². The molecular formula is C26H18F4N2O3. The van der Waals surface area contributed by atoms with E-state index in [-0.39, 0.29) is 45.4 Å². The number of hydrogen-bond donors (Lipinski definition) is 2. The second kappa shape index (κ2) is 8.47. The van der Waals surface area contributed by atoms with E-state index in [0.29, 0.717) is 0 Å². The van der Waals surface area contributed by atoms with E-state index >= 15 is 4.39 Å². The van der Waals surface area contributed by atoms with Crippen molar-refractivity contribution in [2.75, 3.05) is 0 Å². The maximum Gasteiger partial charge on any atom is 0.335 e. The first-order valence-electron chi connectivity index (χ1n) is 10.4. The van der Waals surface area contributed by atoms with Crippen LogP contribution in [-0.2, 0) is 5.41 Å². The van der Waals surface area contributed by atoms with Crippen molar-refractivity contribution in [3.8, 4) is 28.6 Å². The Labute approximate surface area is 197 Å². The van der Waals surface area contributed by atoms with Crippen LogP contribution < -0.4 is 0 Å². The molecule has 0 radical (unpaired) electrons. The predicted octanol–water partition coefficient (Wildman–Crippen LogP) is 6.45. The van der Waals surface area contributed by atoms with E-state index in [2.05, 4.69) is 0 Å². The molecule has 0 aliphatic rings. The number of benzene rings is 3. The number of aromatic hydroxyl groups is 1. The van der Waals surface area contributed by atoms with Crippen LogP contribution in [0.2, 0.25) is 0 Å². The Hall–Kier alpha value is -4.32. The molecule has 0 atom stereocenters. The van der Waals surface area contributed by atoms with Crippen LogP contribution in [0.15, 0.2) is 48.5 Å². The molecule has 0 spiro atoms. The van der Waals surface area contributed by atoms with E-state index < -0.39 is 40.4 Å². The van der Waals surface area contributed by atoms with Crippen molar-refractivity contribution in [3.05, 3.63) is 83.1 Å². The highest BCUT2D eigenvalue weighted by molar-refractivity contribution is 6.04. The summed E-state index contributed by atoms with van der Waals surface area (Å²) in [5.74, 6) is -6.42. The van der Waals surface area contributed by atoms with Gasteiger partial charge in [-0.3, -0.25) is 0 Å². The molecule has 2 N–H and O–H groups in total. The van der Waals surface area contributed by atoms with Gasteiger partial charge in [0.1, 0.15) is 5.82 Å². The fourth-order valence-corrected chi connectivity index (χ4v) is 4.27. The Morgan fingerprint density at radius 1 is 0.971 bits per heavy atom. The maximum atomic E-state index is 15.3. The number of aromatic carboxylic acids is 1. The number of nitrogens with zero attached hydrogens (tertiary/aromatic N) is 2. The lowest BCUT2D eigenvalue weighted by Crippen LogP contribution is -2.22. The molecule has 9 heteroatoms. The number of aromatic nitrogens is 1. The lowest BCUT2D eigenvalue weighted by molar-refractivity contribution is 0.0696. The number of carbonyl (C=O) groups is 1. The zero-order valence-electron chi connectivity index (χ0n) is 18.5. The van der Waals surface area contributed by atoms with Crippen LogP contribution in [0, 0.1) is 34.6 Å². The minimum atomic E-state index is -1.36. The summed E-state index contributed by atoms with van der Waals surface area (Å²) in [7, 11) is 0. The first-order valence-corrected chi connectivity index (χ1v) is 10.4. The minimum Gasteiger partial charge on any atom is -0.504 e. The fraction of sp³-hybridized carbons (Fsp3) is 0.154. The van der Waals surface area contributed by atoms with Crippen LogP contribution in [0.3, 0.4) is 0 Å². The Morgan fingerprint density at radius 2 is 1.66 bits per heavy atom. The lowest BCUT2D eigenvalue weighted by Gasteiger charge is -2.26. The summed E-state index contributed by atoms with van der Waals surface area (Å²) in [5.41, 5.74) is -1.12. The molecule has 0 fully saturated rings. The van der Waals surface area contributed by atoms with Gasteiger partial charge in [0.05, 0.1) is 22.5 Å². The maximum absolute atomic E-state index is 15.3. The van der Waals surface area contributed by atoms with E-state index in [0.717, 1.165) is 30.3 Å². The van der Waals surface area contributed by atoms with Gasteiger partial charge in [0.15, 0.2) is 23.2 Å². The summed E-state index contributed by atoms with van der Waals surface area (Å²) in [6.45, 7) is 3.31. The summed E-state index contributed by atoms with van der Waals surface area (Å²) >= 11 is 0. The van der Waals surface area contributed by atoms with Crippen LogP contribution in [-0.4, -0.2) is 20.7 Å². The standard InChI is InChI=1S/C26H18F4N2O3/c1-26(2,9-10-31)24-21(15-5-3-13(25(34)35)11-18(15)29)22-20(8-7-17(28)23(22)33)32(24)14-4-6-16(27)19(30)12-14/h3-8,11-12,33H,9H2,1-2H3,(H,34,35). The third-order valence-corrected chi connectivity index (χ3v) is 5.87. The van der Waals surface area contributed by atoms with Crippen LogP contribution >= 0.6 is 0 Å². The third kappa shape index (κ3) is 3.87. The quantitative estimate of drug-likeness (QED) is 0.320. The van der Waals surface area contributed by atoms with Gasteiger partial charge in [-0.2, -0.15) is 5.26 Å². The van der Waals surface area contributed by atoms with Crippen LogP contribution in [0.4, 0.5) is 17.6 Å². The Bertz CT molecular complexity index is 1550. The highest BCUT2D eigenvalue weighted by Gasteiger charge is 2.34. The van der Waals surface area contributed by atoms with Crippen molar-refractivity contribution in [3.63, 3.8) is 0 Å². The molecule has 0 amide bonds. The van der Waals surface area contributed by atoms with Crippen molar-refractivity contribution in [2.24, 2.45) is 0 Å². The highest BCUT2D eigenvalue weighted by atomic mass is 19.2. The first kappa shape index (κ1) is 23.8. The molecule has 5 nitrogen and oxygen atoms in total. The second-order valence-corrected chi connectivity index (χ2v) is 8.67. The second-order valence-electron chi connectivity index (χ2n) is 8.67. The van der Waals surface area contributed by atoms with Gasteiger partial charge in [-0.25, -0.2) is 22.4 Å². The average molecular weight is 482 g/mol. The Kier molecular flexibility index (Phi) is 5.77. The van der Waals surface area contributed by atoms with Gasteiger partial charge >= 0.3 is 5.97 Å². The molecule has 1 heterocycles. The van der Waals surface area contributed by atoms with Crippen molar-refractivity contribution >= 4 is 16.9 Å². The lowest BCUT2D eigenvalue weighted by atomic mass is 9.81. The number of rotatable bonds is 5. The number of carboxylic acids is 1. The van der Waals surface area contributed by atoms with E-state index in [1.807, 2.05) is 6.07 Å². The van der Waals surface area contributed by atoms with Gasteiger partial charge in [-0.1, -0.05) is 19.9 Å². The molecule has 4 rings (SSSR count). The fourth-order valence-electron chi connectivity index (χ4n) is 4.27. The van der Waals surface area contributed by atoms with Crippen molar-refractivity contribution in [2.45, 2.75) is 25.7 Å². The number of carboxylic acid groups (broad SMARTS) is 1. The molecule has 4 aromatic rings. The zero-order valence-corrected chi connectivity index (χ0v) is 18.5. The summed E-state index contributed by atoms with van der Waals surface area (Å²) < 4.78 is 59.2. The largest absolute Gasteiger partial charge is 0.504 e. The Balaban J connectivity index is 2.25. The Morgan fingerprint density at radius 3 is 2.26 bits per heavy atom. The number of fused-ring (bicyclic) bond motifs is 1. The van der Waals surface area contributed by atoms with E-state index in [4.69, 9.17) is 0 Å². The van der Waals surface area contributed by atoms with Gasteiger partial charge in [0.25, 0.3) is 0 Å². The summed E-state index contributed by atoms with van der Waals surface area (Å²) in [6, 6.07) is 10.5. The normalized spacial score (nSPS) is 11.6.